The van der Waals surface area contributed by atoms with E-state index in [2.05, 4.69) is 4.72 Å². The van der Waals surface area contributed by atoms with Crippen molar-refractivity contribution >= 4 is 21.8 Å². The molecule has 0 aromatic heterocycles. The lowest BCUT2D eigenvalue weighted by Crippen LogP contribution is -2.16. The molecule has 0 saturated heterocycles. The van der Waals surface area contributed by atoms with Gasteiger partial charge in [0, 0.05) is 6.08 Å². The second-order valence-corrected chi connectivity index (χ2v) is 9.01. The summed E-state index contributed by atoms with van der Waals surface area (Å²) in [4.78, 5) is 11.8. The van der Waals surface area contributed by atoms with E-state index in [-0.39, 0.29) is 11.7 Å². The van der Waals surface area contributed by atoms with Crippen molar-refractivity contribution in [3.05, 3.63) is 95.1 Å². The van der Waals surface area contributed by atoms with Gasteiger partial charge in [0.1, 0.15) is 11.9 Å². The molecule has 33 heavy (non-hydrogen) atoms. The first-order valence-corrected chi connectivity index (χ1v) is 11.5. The summed E-state index contributed by atoms with van der Waals surface area (Å²) >= 11 is 0. The Hall–Kier alpha value is -3.39. The van der Waals surface area contributed by atoms with E-state index in [1.54, 1.807) is 42.5 Å². The van der Waals surface area contributed by atoms with E-state index in [1.807, 2.05) is 6.07 Å². The van der Waals surface area contributed by atoms with Crippen LogP contribution < -0.4 is 9.46 Å². The van der Waals surface area contributed by atoms with Gasteiger partial charge in [0.15, 0.2) is 11.0 Å². The fourth-order valence-corrected chi connectivity index (χ4v) is 5.27. The van der Waals surface area contributed by atoms with Crippen molar-refractivity contribution in [2.45, 2.75) is 25.1 Å². The van der Waals surface area contributed by atoms with Gasteiger partial charge < -0.3 is 4.74 Å². The van der Waals surface area contributed by atoms with Crippen LogP contribution in [0.15, 0.2) is 72.8 Å². The fourth-order valence-electron chi connectivity index (χ4n) is 4.36. The Balaban J connectivity index is 1.42. The SMILES string of the molecule is O=C1C=C(c2ccc(O[C@@H]3CCc4c(-c5ccccc5C(F)(F)F)cccc43)cc2)S(=O)N1. The quantitative estimate of drug-likeness (QED) is 0.543. The van der Waals surface area contributed by atoms with Crippen molar-refractivity contribution in [1.82, 2.24) is 4.72 Å². The minimum Gasteiger partial charge on any atom is -0.486 e. The number of hydrogen-bond acceptors (Lipinski definition) is 3. The number of ether oxygens (including phenoxy) is 1. The topological polar surface area (TPSA) is 55.4 Å². The minimum atomic E-state index is -4.44. The summed E-state index contributed by atoms with van der Waals surface area (Å²) in [6, 6.07) is 17.9. The molecule has 3 aromatic carbocycles. The number of halogens is 3. The smallest absolute Gasteiger partial charge is 0.417 e. The number of carbonyl (C=O) groups is 1. The van der Waals surface area contributed by atoms with Crippen LogP contribution in [0.25, 0.3) is 16.0 Å². The van der Waals surface area contributed by atoms with Gasteiger partial charge in [0.25, 0.3) is 5.91 Å². The van der Waals surface area contributed by atoms with Gasteiger partial charge in [0.2, 0.25) is 0 Å². The molecule has 0 radical (unpaired) electrons. The van der Waals surface area contributed by atoms with Gasteiger partial charge in [-0.1, -0.05) is 48.5 Å². The van der Waals surface area contributed by atoms with Crippen LogP contribution in [0.1, 0.15) is 34.8 Å². The van der Waals surface area contributed by atoms with Crippen LogP contribution in [-0.4, -0.2) is 10.1 Å². The monoisotopic (exact) mass is 469 g/mol. The molecule has 0 fully saturated rings. The standard InChI is InChI=1S/C25H18F3NO3S/c26-25(27,28)21-7-2-1-4-19(21)17-5-3-6-20-18(17)12-13-22(20)32-16-10-8-15(9-11-16)23-14-24(30)29-33(23)31/h1-11,14,22H,12-13H2,(H,29,30)/t22-,33?/m1/s1. The summed E-state index contributed by atoms with van der Waals surface area (Å²) < 4.78 is 61.1. The lowest BCUT2D eigenvalue weighted by molar-refractivity contribution is -0.137. The predicted octanol–water partition coefficient (Wildman–Crippen LogP) is 5.57. The molecule has 1 unspecified atom stereocenters. The van der Waals surface area contributed by atoms with Crippen LogP contribution >= 0.6 is 0 Å². The Kier molecular flexibility index (Phi) is 5.32. The fraction of sp³-hybridized carbons (Fsp3) is 0.160. The zero-order chi connectivity index (χ0) is 23.2. The van der Waals surface area contributed by atoms with Gasteiger partial charge in [-0.2, -0.15) is 13.2 Å². The number of hydrogen-bond donors (Lipinski definition) is 1. The van der Waals surface area contributed by atoms with Gasteiger partial charge >= 0.3 is 6.18 Å². The lowest BCUT2D eigenvalue weighted by Gasteiger charge is -2.18. The molecule has 1 aliphatic carbocycles. The molecule has 2 aliphatic rings. The van der Waals surface area contributed by atoms with Crippen molar-refractivity contribution < 1.29 is 26.9 Å². The molecule has 0 bridgehead atoms. The maximum absolute atomic E-state index is 13.6. The molecule has 0 saturated carbocycles. The predicted molar refractivity (Wildman–Crippen MR) is 119 cm³/mol. The van der Waals surface area contributed by atoms with E-state index in [1.165, 1.54) is 18.2 Å². The molecule has 2 atom stereocenters. The summed E-state index contributed by atoms with van der Waals surface area (Å²) in [5, 5.41) is 0. The van der Waals surface area contributed by atoms with Crippen molar-refractivity contribution in [1.29, 1.82) is 0 Å². The van der Waals surface area contributed by atoms with E-state index in [4.69, 9.17) is 4.74 Å². The summed E-state index contributed by atoms with van der Waals surface area (Å²) in [5.41, 5.74) is 2.50. The second kappa shape index (κ2) is 8.19. The Morgan fingerprint density at radius 3 is 2.36 bits per heavy atom. The van der Waals surface area contributed by atoms with Crippen LogP contribution in [0, 0.1) is 0 Å². The molecule has 0 spiro atoms. The highest BCUT2D eigenvalue weighted by molar-refractivity contribution is 7.93. The molecule has 168 valence electrons. The Morgan fingerprint density at radius 1 is 0.939 bits per heavy atom. The molecule has 3 aromatic rings. The van der Waals surface area contributed by atoms with E-state index in [0.717, 1.165) is 17.2 Å². The average Bonchev–Trinajstić information content (AvgIpc) is 3.36. The van der Waals surface area contributed by atoms with Crippen molar-refractivity contribution in [3.8, 4) is 16.9 Å². The van der Waals surface area contributed by atoms with Gasteiger partial charge in [-0.25, -0.2) is 4.21 Å². The molecule has 8 heteroatoms. The molecule has 1 amide bonds. The van der Waals surface area contributed by atoms with Crippen LogP contribution in [0.5, 0.6) is 5.75 Å². The number of nitrogens with one attached hydrogen (secondary N) is 1. The van der Waals surface area contributed by atoms with Gasteiger partial charge in [-0.15, -0.1) is 0 Å². The third-order valence-corrected chi connectivity index (χ3v) is 6.95. The molecule has 4 nitrogen and oxygen atoms in total. The molecule has 5 rings (SSSR count). The molecular formula is C25H18F3NO3S. The Morgan fingerprint density at radius 2 is 1.67 bits per heavy atom. The summed E-state index contributed by atoms with van der Waals surface area (Å²) in [5.74, 6) is 0.190. The van der Waals surface area contributed by atoms with Gasteiger partial charge in [-0.3, -0.25) is 9.52 Å². The summed E-state index contributed by atoms with van der Waals surface area (Å²) in [6.07, 6.45) is -2.16. The van der Waals surface area contributed by atoms with Crippen molar-refractivity contribution in [2.24, 2.45) is 0 Å². The third-order valence-electron chi connectivity index (χ3n) is 5.81. The number of amides is 1. The number of benzene rings is 3. The van der Waals surface area contributed by atoms with Crippen LogP contribution in [0.2, 0.25) is 0 Å². The zero-order valence-corrected chi connectivity index (χ0v) is 18.0. The van der Waals surface area contributed by atoms with E-state index in [9.17, 15) is 22.2 Å². The van der Waals surface area contributed by atoms with E-state index < -0.39 is 28.6 Å². The molecule has 1 N–H and O–H groups in total. The Bertz CT molecular complexity index is 1300. The first-order valence-electron chi connectivity index (χ1n) is 10.3. The number of alkyl halides is 3. The van der Waals surface area contributed by atoms with Crippen molar-refractivity contribution in [2.75, 3.05) is 0 Å². The zero-order valence-electron chi connectivity index (χ0n) is 17.2. The van der Waals surface area contributed by atoms with E-state index in [0.29, 0.717) is 34.6 Å². The number of carbonyl (C=O) groups excluding carboxylic acids is 1. The van der Waals surface area contributed by atoms with Crippen LogP contribution in [0.3, 0.4) is 0 Å². The molecule has 1 aliphatic heterocycles. The minimum absolute atomic E-state index is 0.174. The summed E-state index contributed by atoms with van der Waals surface area (Å²) in [6.45, 7) is 0. The van der Waals surface area contributed by atoms with Gasteiger partial charge in [0.05, 0.1) is 10.5 Å². The lowest BCUT2D eigenvalue weighted by atomic mass is 9.93. The summed E-state index contributed by atoms with van der Waals surface area (Å²) in [7, 11) is -1.57. The van der Waals surface area contributed by atoms with Gasteiger partial charge in [-0.05, 0) is 58.9 Å². The second-order valence-electron chi connectivity index (χ2n) is 7.83. The van der Waals surface area contributed by atoms with Crippen LogP contribution in [0.4, 0.5) is 13.2 Å². The molecular weight excluding hydrogens is 451 g/mol. The highest BCUT2D eigenvalue weighted by Gasteiger charge is 2.35. The van der Waals surface area contributed by atoms with Crippen molar-refractivity contribution in [3.63, 3.8) is 0 Å². The maximum Gasteiger partial charge on any atom is 0.417 e. The van der Waals surface area contributed by atoms with Crippen LogP contribution in [-0.2, 0) is 28.4 Å². The normalized spacial score (nSPS) is 19.7. The first-order chi connectivity index (χ1) is 15.8. The van der Waals surface area contributed by atoms with E-state index >= 15 is 0 Å². The number of rotatable bonds is 4. The molecule has 1 heterocycles. The third kappa shape index (κ3) is 4.06. The average molecular weight is 469 g/mol. The largest absolute Gasteiger partial charge is 0.486 e. The first kappa shape index (κ1) is 21.5. The number of fused-ring (bicyclic) bond motifs is 1. The Labute approximate surface area is 190 Å². The highest BCUT2D eigenvalue weighted by Crippen LogP contribution is 2.43. The highest BCUT2D eigenvalue weighted by atomic mass is 32.2. The maximum atomic E-state index is 13.6.